The number of aromatic amines is 1. The maximum atomic E-state index is 5.31. The van der Waals surface area contributed by atoms with Crippen molar-refractivity contribution in [1.82, 2.24) is 15.3 Å². The van der Waals surface area contributed by atoms with Gasteiger partial charge in [-0.15, -0.1) is 0 Å². The molecule has 1 aromatic carbocycles. The van der Waals surface area contributed by atoms with Crippen molar-refractivity contribution in [2.24, 2.45) is 5.92 Å². The van der Waals surface area contributed by atoms with E-state index in [1.807, 2.05) is 12.1 Å². The van der Waals surface area contributed by atoms with Gasteiger partial charge in [-0.25, -0.2) is 4.98 Å². The van der Waals surface area contributed by atoms with Gasteiger partial charge in [-0.1, -0.05) is 6.92 Å². The van der Waals surface area contributed by atoms with Gasteiger partial charge in [0.25, 0.3) is 0 Å². The van der Waals surface area contributed by atoms with E-state index in [0.717, 1.165) is 35.7 Å². The van der Waals surface area contributed by atoms with Gasteiger partial charge in [0.1, 0.15) is 5.82 Å². The van der Waals surface area contributed by atoms with Gasteiger partial charge in [0.05, 0.1) is 25.3 Å². The third-order valence-electron chi connectivity index (χ3n) is 3.96. The van der Waals surface area contributed by atoms with Crippen LogP contribution in [0.3, 0.4) is 0 Å². The van der Waals surface area contributed by atoms with E-state index < -0.39 is 0 Å². The van der Waals surface area contributed by atoms with Gasteiger partial charge < -0.3 is 19.8 Å². The standard InChI is InChI=1S/C14H19N3O2/c1-8(9-6-15-7-9)14-16-10-4-12(18-2)13(19-3)5-11(10)17-14/h4-5,8-9,15H,6-7H2,1-3H3,(H,16,17). The van der Waals surface area contributed by atoms with Crippen LogP contribution in [0.2, 0.25) is 0 Å². The summed E-state index contributed by atoms with van der Waals surface area (Å²) in [5, 5.41) is 3.30. The molecule has 19 heavy (non-hydrogen) atoms. The van der Waals surface area contributed by atoms with Crippen molar-refractivity contribution in [2.75, 3.05) is 27.3 Å². The average molecular weight is 261 g/mol. The third-order valence-corrected chi connectivity index (χ3v) is 3.96. The van der Waals surface area contributed by atoms with Gasteiger partial charge in [-0.2, -0.15) is 0 Å². The molecule has 5 heteroatoms. The number of benzene rings is 1. The van der Waals surface area contributed by atoms with E-state index in [0.29, 0.717) is 17.6 Å². The van der Waals surface area contributed by atoms with E-state index in [4.69, 9.17) is 9.47 Å². The predicted molar refractivity (Wildman–Crippen MR) is 74.0 cm³/mol. The number of ether oxygens (including phenoxy) is 2. The van der Waals surface area contributed by atoms with E-state index in [-0.39, 0.29) is 0 Å². The minimum atomic E-state index is 0.436. The lowest BCUT2D eigenvalue weighted by molar-refractivity contribution is 0.297. The Hall–Kier alpha value is -1.75. The van der Waals surface area contributed by atoms with Crippen molar-refractivity contribution in [3.63, 3.8) is 0 Å². The molecule has 2 heterocycles. The molecule has 102 valence electrons. The number of H-pyrrole nitrogens is 1. The summed E-state index contributed by atoms with van der Waals surface area (Å²) in [7, 11) is 3.28. The fourth-order valence-electron chi connectivity index (χ4n) is 2.46. The van der Waals surface area contributed by atoms with E-state index in [1.54, 1.807) is 14.2 Å². The van der Waals surface area contributed by atoms with Crippen molar-refractivity contribution in [2.45, 2.75) is 12.8 Å². The van der Waals surface area contributed by atoms with E-state index in [1.165, 1.54) is 0 Å². The van der Waals surface area contributed by atoms with Crippen molar-refractivity contribution in [3.05, 3.63) is 18.0 Å². The lowest BCUT2D eigenvalue weighted by atomic mass is 9.88. The highest BCUT2D eigenvalue weighted by Gasteiger charge is 2.27. The van der Waals surface area contributed by atoms with Crippen LogP contribution in [0, 0.1) is 5.92 Å². The molecule has 2 N–H and O–H groups in total. The molecule has 1 aliphatic rings. The van der Waals surface area contributed by atoms with Gasteiger partial charge in [-0.05, 0) is 19.0 Å². The molecule has 5 nitrogen and oxygen atoms in total. The monoisotopic (exact) mass is 261 g/mol. The summed E-state index contributed by atoms with van der Waals surface area (Å²) in [6.45, 7) is 4.37. The molecule has 2 aromatic rings. The molecule has 3 rings (SSSR count). The fourth-order valence-corrected chi connectivity index (χ4v) is 2.46. The van der Waals surface area contributed by atoms with Crippen molar-refractivity contribution >= 4 is 11.0 Å². The van der Waals surface area contributed by atoms with Crippen LogP contribution in [0.25, 0.3) is 11.0 Å². The number of fused-ring (bicyclic) bond motifs is 1. The highest BCUT2D eigenvalue weighted by Crippen LogP contribution is 2.33. The zero-order chi connectivity index (χ0) is 13.4. The van der Waals surface area contributed by atoms with Crippen LogP contribution in [-0.4, -0.2) is 37.3 Å². The normalized spacial score (nSPS) is 17.2. The van der Waals surface area contributed by atoms with Crippen LogP contribution in [0.15, 0.2) is 12.1 Å². The Bertz CT molecular complexity index is 549. The fraction of sp³-hybridized carbons (Fsp3) is 0.500. The summed E-state index contributed by atoms with van der Waals surface area (Å²) in [5.74, 6) is 3.58. The smallest absolute Gasteiger partial charge is 0.163 e. The lowest BCUT2D eigenvalue weighted by Crippen LogP contribution is -2.44. The Kier molecular flexibility index (Phi) is 3.06. The molecule has 1 saturated heterocycles. The Labute approximate surface area is 112 Å². The molecule has 0 bridgehead atoms. The first-order valence-corrected chi connectivity index (χ1v) is 6.55. The van der Waals surface area contributed by atoms with Gasteiger partial charge in [0, 0.05) is 18.1 Å². The molecule has 0 radical (unpaired) electrons. The number of rotatable bonds is 4. The summed E-state index contributed by atoms with van der Waals surface area (Å²) in [6.07, 6.45) is 0. The summed E-state index contributed by atoms with van der Waals surface area (Å²) in [5.41, 5.74) is 1.92. The molecule has 0 amide bonds. The molecule has 1 aliphatic heterocycles. The number of aromatic nitrogens is 2. The largest absolute Gasteiger partial charge is 0.493 e. The zero-order valence-electron chi connectivity index (χ0n) is 11.5. The molecule has 1 unspecified atom stereocenters. The topological polar surface area (TPSA) is 59.2 Å². The molecule has 1 aromatic heterocycles. The van der Waals surface area contributed by atoms with Gasteiger partial charge >= 0.3 is 0 Å². The second-order valence-electron chi connectivity index (χ2n) is 5.05. The number of hydrogen-bond donors (Lipinski definition) is 2. The SMILES string of the molecule is COc1cc2nc(C(C)C3CNC3)[nH]c2cc1OC. The summed E-state index contributed by atoms with van der Waals surface area (Å²) in [6, 6.07) is 3.86. The second-order valence-corrected chi connectivity index (χ2v) is 5.05. The molecular formula is C14H19N3O2. The molecule has 0 spiro atoms. The van der Waals surface area contributed by atoms with E-state index in [2.05, 4.69) is 22.2 Å². The minimum absolute atomic E-state index is 0.436. The number of methoxy groups -OCH3 is 2. The maximum Gasteiger partial charge on any atom is 0.163 e. The number of nitrogens with zero attached hydrogens (tertiary/aromatic N) is 1. The number of nitrogens with one attached hydrogen (secondary N) is 2. The summed E-state index contributed by atoms with van der Waals surface area (Å²) in [4.78, 5) is 8.08. The van der Waals surface area contributed by atoms with Crippen molar-refractivity contribution in [3.8, 4) is 11.5 Å². The first-order chi connectivity index (χ1) is 9.22. The summed E-state index contributed by atoms with van der Waals surface area (Å²) < 4.78 is 10.6. The van der Waals surface area contributed by atoms with Crippen LogP contribution in [0.5, 0.6) is 11.5 Å². The van der Waals surface area contributed by atoms with Crippen LogP contribution in [0.4, 0.5) is 0 Å². The Morgan fingerprint density at radius 2 is 1.89 bits per heavy atom. The highest BCUT2D eigenvalue weighted by atomic mass is 16.5. The van der Waals surface area contributed by atoms with Crippen LogP contribution >= 0.6 is 0 Å². The minimum Gasteiger partial charge on any atom is -0.493 e. The predicted octanol–water partition coefficient (Wildman–Crippen LogP) is 1.90. The lowest BCUT2D eigenvalue weighted by Gasteiger charge is -2.31. The number of hydrogen-bond acceptors (Lipinski definition) is 4. The Morgan fingerprint density at radius 3 is 2.47 bits per heavy atom. The third kappa shape index (κ3) is 2.04. The summed E-state index contributed by atoms with van der Waals surface area (Å²) >= 11 is 0. The number of imidazole rings is 1. The quantitative estimate of drug-likeness (QED) is 0.882. The zero-order valence-corrected chi connectivity index (χ0v) is 11.5. The van der Waals surface area contributed by atoms with Crippen LogP contribution < -0.4 is 14.8 Å². The van der Waals surface area contributed by atoms with Crippen molar-refractivity contribution in [1.29, 1.82) is 0 Å². The van der Waals surface area contributed by atoms with Crippen LogP contribution in [-0.2, 0) is 0 Å². The van der Waals surface area contributed by atoms with Gasteiger partial charge in [0.2, 0.25) is 0 Å². The Morgan fingerprint density at radius 1 is 1.21 bits per heavy atom. The molecule has 0 aliphatic carbocycles. The second kappa shape index (κ2) is 4.74. The van der Waals surface area contributed by atoms with Gasteiger partial charge in [-0.3, -0.25) is 0 Å². The molecule has 1 atom stereocenters. The van der Waals surface area contributed by atoms with Gasteiger partial charge in [0.15, 0.2) is 11.5 Å². The molecule has 0 saturated carbocycles. The van der Waals surface area contributed by atoms with Crippen LogP contribution in [0.1, 0.15) is 18.7 Å². The Balaban J connectivity index is 1.99. The molecule has 1 fully saturated rings. The first-order valence-electron chi connectivity index (χ1n) is 6.55. The van der Waals surface area contributed by atoms with E-state index >= 15 is 0 Å². The average Bonchev–Trinajstić information content (AvgIpc) is 2.77. The first kappa shape index (κ1) is 12.3. The molecular weight excluding hydrogens is 242 g/mol. The van der Waals surface area contributed by atoms with E-state index in [9.17, 15) is 0 Å². The van der Waals surface area contributed by atoms with Crippen molar-refractivity contribution < 1.29 is 9.47 Å². The highest BCUT2D eigenvalue weighted by molar-refractivity contribution is 5.79. The maximum absolute atomic E-state index is 5.31.